The van der Waals surface area contributed by atoms with Crippen LogP contribution >= 0.6 is 0 Å². The molecule has 4 rings (SSSR count). The fraction of sp³-hybridized carbons (Fsp3) is 0.250. The predicted octanol–water partition coefficient (Wildman–Crippen LogP) is 4.06. The zero-order valence-corrected chi connectivity index (χ0v) is 20.1. The molecule has 10 nitrogen and oxygen atoms in total. The van der Waals surface area contributed by atoms with E-state index in [1.807, 2.05) is 24.3 Å². The Labute approximate surface area is 221 Å². The molecule has 0 fully saturated rings. The van der Waals surface area contributed by atoms with Crippen molar-refractivity contribution in [3.63, 3.8) is 0 Å². The van der Waals surface area contributed by atoms with Gasteiger partial charge in [0.05, 0.1) is 17.0 Å². The highest BCUT2D eigenvalue weighted by Gasteiger charge is 2.38. The molecular weight excluding hydrogens is 554 g/mol. The maximum Gasteiger partial charge on any atom is 0.490 e. The summed E-state index contributed by atoms with van der Waals surface area (Å²) in [6.07, 6.45) is -2.58. The fourth-order valence-corrected chi connectivity index (χ4v) is 3.41. The van der Waals surface area contributed by atoms with E-state index < -0.39 is 30.3 Å². The second-order valence-electron chi connectivity index (χ2n) is 7.92. The second kappa shape index (κ2) is 13.5. The van der Waals surface area contributed by atoms with E-state index in [4.69, 9.17) is 19.8 Å². The first kappa shape index (κ1) is 31.6. The van der Waals surface area contributed by atoms with Crippen LogP contribution in [0.2, 0.25) is 0 Å². The molecule has 1 aliphatic rings. The third-order valence-electron chi connectivity index (χ3n) is 5.09. The maximum atomic E-state index is 12.0. The minimum atomic E-state index is -5.08. The molecule has 16 heteroatoms. The van der Waals surface area contributed by atoms with E-state index in [-0.39, 0.29) is 0 Å². The van der Waals surface area contributed by atoms with Crippen LogP contribution in [0.1, 0.15) is 27.2 Å². The number of carboxylic acids is 3. The van der Waals surface area contributed by atoms with Crippen LogP contribution in [-0.4, -0.2) is 72.0 Å². The molecule has 3 aromatic rings. The molecule has 0 aromatic carbocycles. The summed E-state index contributed by atoms with van der Waals surface area (Å²) in [5, 5.41) is 24.1. The van der Waals surface area contributed by atoms with Gasteiger partial charge in [-0.2, -0.15) is 26.3 Å². The van der Waals surface area contributed by atoms with Crippen LogP contribution in [-0.2, 0) is 29.1 Å². The maximum absolute atomic E-state index is 12.0. The van der Waals surface area contributed by atoms with Crippen molar-refractivity contribution in [1.82, 2.24) is 19.9 Å². The van der Waals surface area contributed by atoms with Gasteiger partial charge in [-0.1, -0.05) is 6.07 Å². The van der Waals surface area contributed by atoms with E-state index >= 15 is 0 Å². The first-order valence-corrected chi connectivity index (χ1v) is 11.0. The van der Waals surface area contributed by atoms with Crippen molar-refractivity contribution in [2.75, 3.05) is 6.54 Å². The summed E-state index contributed by atoms with van der Waals surface area (Å²) in [6, 6.07) is 9.51. The third kappa shape index (κ3) is 9.30. The SMILES string of the molecule is O=C(O)C(F)(F)F.O=C(O)C(F)(F)F.O=C(O)c1c(-c2cccnc2)ncc2c1CCN(Cc1ccccn1)C2. The molecule has 0 amide bonds. The molecule has 3 N–H and O–H groups in total. The van der Waals surface area contributed by atoms with Crippen LogP contribution in [0.3, 0.4) is 0 Å². The van der Waals surface area contributed by atoms with Crippen LogP contribution in [0.5, 0.6) is 0 Å². The normalized spacial score (nSPS) is 13.1. The molecule has 0 spiro atoms. The lowest BCUT2D eigenvalue weighted by atomic mass is 9.93. The van der Waals surface area contributed by atoms with Crippen molar-refractivity contribution in [2.24, 2.45) is 0 Å². The molecule has 4 heterocycles. The van der Waals surface area contributed by atoms with E-state index in [2.05, 4.69) is 19.9 Å². The lowest BCUT2D eigenvalue weighted by Gasteiger charge is -2.29. The average molecular weight is 574 g/mol. The number of hydrogen-bond donors (Lipinski definition) is 3. The lowest BCUT2D eigenvalue weighted by Crippen LogP contribution is -2.32. The van der Waals surface area contributed by atoms with Gasteiger partial charge in [-0.05, 0) is 41.8 Å². The Morgan fingerprint density at radius 1 is 0.850 bits per heavy atom. The predicted molar refractivity (Wildman–Crippen MR) is 124 cm³/mol. The summed E-state index contributed by atoms with van der Waals surface area (Å²) in [6.45, 7) is 2.21. The molecule has 0 bridgehead atoms. The Hall–Kier alpha value is -4.60. The molecule has 0 saturated carbocycles. The molecule has 3 aromatic heterocycles. The lowest BCUT2D eigenvalue weighted by molar-refractivity contribution is -0.193. The minimum absolute atomic E-state index is 0.299. The number of hydrogen-bond acceptors (Lipinski definition) is 7. The first-order valence-electron chi connectivity index (χ1n) is 11.0. The molecule has 214 valence electrons. The van der Waals surface area contributed by atoms with Crippen LogP contribution in [0.15, 0.2) is 55.1 Å². The van der Waals surface area contributed by atoms with Gasteiger partial charge < -0.3 is 15.3 Å². The van der Waals surface area contributed by atoms with Crippen molar-refractivity contribution < 1.29 is 56.0 Å². The van der Waals surface area contributed by atoms with E-state index in [1.165, 1.54) is 0 Å². The molecule has 40 heavy (non-hydrogen) atoms. The standard InChI is InChI=1S/C20H18N4O2.2C2HF3O2/c25-20(26)18-17-6-9-24(13-16-5-1-2-8-22-16)12-15(17)11-23-19(18)14-4-3-7-21-10-14;2*3-2(4,5)1(6)7/h1-5,7-8,10-11H,6,9,12-13H2,(H,25,26);2*(H,6,7). The van der Waals surface area contributed by atoms with Gasteiger partial charge in [-0.15, -0.1) is 0 Å². The molecule has 0 saturated heterocycles. The van der Waals surface area contributed by atoms with Gasteiger partial charge in [-0.3, -0.25) is 19.9 Å². The molecule has 0 radical (unpaired) electrons. The largest absolute Gasteiger partial charge is 0.490 e. The molecule has 0 aliphatic carbocycles. The van der Waals surface area contributed by atoms with Gasteiger partial charge in [0.1, 0.15) is 0 Å². The Bertz CT molecular complexity index is 1300. The average Bonchev–Trinajstić information content (AvgIpc) is 2.88. The van der Waals surface area contributed by atoms with Crippen molar-refractivity contribution in [2.45, 2.75) is 31.9 Å². The Kier molecular flexibility index (Phi) is 10.6. The number of fused-ring (bicyclic) bond motifs is 1. The van der Waals surface area contributed by atoms with Crippen LogP contribution in [0.25, 0.3) is 11.3 Å². The van der Waals surface area contributed by atoms with Crippen molar-refractivity contribution in [3.05, 3.63) is 77.5 Å². The summed E-state index contributed by atoms with van der Waals surface area (Å²) in [4.78, 5) is 44.9. The quantitative estimate of drug-likeness (QED) is 0.389. The third-order valence-corrected chi connectivity index (χ3v) is 5.09. The number of alkyl halides is 6. The number of nitrogens with zero attached hydrogens (tertiary/aromatic N) is 4. The topological polar surface area (TPSA) is 154 Å². The molecule has 1 aliphatic heterocycles. The first-order chi connectivity index (χ1) is 18.6. The molecular formula is C24H20F6N4O6. The highest BCUT2D eigenvalue weighted by Crippen LogP contribution is 2.30. The van der Waals surface area contributed by atoms with E-state index in [1.54, 1.807) is 30.9 Å². The van der Waals surface area contributed by atoms with Gasteiger partial charge in [-0.25, -0.2) is 14.4 Å². The van der Waals surface area contributed by atoms with Gasteiger partial charge in [0.15, 0.2) is 0 Å². The second-order valence-corrected chi connectivity index (χ2v) is 7.92. The summed E-state index contributed by atoms with van der Waals surface area (Å²) in [7, 11) is 0. The number of carbonyl (C=O) groups is 3. The van der Waals surface area contributed by atoms with Crippen LogP contribution in [0.4, 0.5) is 26.3 Å². The zero-order chi connectivity index (χ0) is 30.1. The van der Waals surface area contributed by atoms with E-state index in [0.29, 0.717) is 24.2 Å². The van der Waals surface area contributed by atoms with Crippen LogP contribution in [0, 0.1) is 0 Å². The van der Waals surface area contributed by atoms with Gasteiger partial charge in [0.25, 0.3) is 0 Å². The summed E-state index contributed by atoms with van der Waals surface area (Å²) in [5.41, 5.74) is 4.37. The molecule has 0 unspecified atom stereocenters. The van der Waals surface area contributed by atoms with Gasteiger partial charge in [0, 0.05) is 50.0 Å². The number of aromatic nitrogens is 3. The highest BCUT2D eigenvalue weighted by molar-refractivity contribution is 5.96. The van der Waals surface area contributed by atoms with Gasteiger partial charge in [0.2, 0.25) is 0 Å². The number of halogens is 6. The van der Waals surface area contributed by atoms with Crippen LogP contribution < -0.4 is 0 Å². The Morgan fingerprint density at radius 3 is 1.95 bits per heavy atom. The number of pyridine rings is 3. The number of rotatable bonds is 4. The monoisotopic (exact) mass is 574 g/mol. The number of aliphatic carboxylic acids is 2. The van der Waals surface area contributed by atoms with Crippen molar-refractivity contribution >= 4 is 17.9 Å². The smallest absolute Gasteiger partial charge is 0.478 e. The zero-order valence-electron chi connectivity index (χ0n) is 20.1. The van der Waals surface area contributed by atoms with E-state index in [0.717, 1.165) is 35.5 Å². The Balaban J connectivity index is 0.000000333. The highest BCUT2D eigenvalue weighted by atomic mass is 19.4. The summed E-state index contributed by atoms with van der Waals surface area (Å²) < 4.78 is 63.5. The number of aromatic carboxylic acids is 1. The summed E-state index contributed by atoms with van der Waals surface area (Å²) in [5.74, 6) is -6.45. The van der Waals surface area contributed by atoms with Gasteiger partial charge >= 0.3 is 30.3 Å². The fourth-order valence-electron chi connectivity index (χ4n) is 3.41. The van der Waals surface area contributed by atoms with E-state index in [9.17, 15) is 36.2 Å². The molecule has 0 atom stereocenters. The number of carboxylic acid groups (broad SMARTS) is 3. The Morgan fingerprint density at radius 2 is 1.48 bits per heavy atom. The van der Waals surface area contributed by atoms with Crippen molar-refractivity contribution in [3.8, 4) is 11.3 Å². The van der Waals surface area contributed by atoms with Crippen molar-refractivity contribution in [1.29, 1.82) is 0 Å². The minimum Gasteiger partial charge on any atom is -0.478 e. The summed E-state index contributed by atoms with van der Waals surface area (Å²) >= 11 is 0.